The van der Waals surface area contributed by atoms with E-state index >= 15 is 0 Å². The van der Waals surface area contributed by atoms with Gasteiger partial charge in [0.05, 0.1) is 5.92 Å². The lowest BCUT2D eigenvalue weighted by molar-refractivity contribution is -0.216. The summed E-state index contributed by atoms with van der Waals surface area (Å²) >= 11 is 0. The second-order valence-corrected chi connectivity index (χ2v) is 5.42. The van der Waals surface area contributed by atoms with Crippen molar-refractivity contribution in [3.8, 4) is 5.75 Å². The second kappa shape index (κ2) is 2.91. The van der Waals surface area contributed by atoms with Crippen LogP contribution in [0.2, 0.25) is 0 Å². The molecule has 4 atom stereocenters. The quantitative estimate of drug-likeness (QED) is 0.546. The van der Waals surface area contributed by atoms with E-state index in [0.717, 1.165) is 24.8 Å². The van der Waals surface area contributed by atoms with Gasteiger partial charge in [-0.1, -0.05) is 24.6 Å². The summed E-state index contributed by atoms with van der Waals surface area (Å²) in [7, 11) is 0. The predicted octanol–water partition coefficient (Wildman–Crippen LogP) is 1.84. The van der Waals surface area contributed by atoms with E-state index in [2.05, 4.69) is 0 Å². The molecule has 1 heterocycles. The molecular formula is C14H14O3. The number of fused-ring (bicyclic) bond motifs is 6. The van der Waals surface area contributed by atoms with E-state index in [9.17, 15) is 9.90 Å². The molecule has 0 spiro atoms. The van der Waals surface area contributed by atoms with Crippen LogP contribution in [0.15, 0.2) is 24.3 Å². The minimum absolute atomic E-state index is 0.241. The molecule has 17 heavy (non-hydrogen) atoms. The molecule has 0 aromatic heterocycles. The van der Waals surface area contributed by atoms with Crippen LogP contribution in [0.25, 0.3) is 0 Å². The van der Waals surface area contributed by atoms with E-state index < -0.39 is 5.60 Å². The largest absolute Gasteiger partial charge is 0.426 e. The first kappa shape index (κ1) is 9.66. The van der Waals surface area contributed by atoms with Gasteiger partial charge in [-0.25, -0.2) is 0 Å². The Morgan fingerprint density at radius 2 is 2.12 bits per heavy atom. The Hall–Kier alpha value is -1.35. The Kier molecular flexibility index (Phi) is 1.65. The number of ether oxygens (including phenoxy) is 1. The van der Waals surface area contributed by atoms with E-state index in [1.807, 2.05) is 18.2 Å². The van der Waals surface area contributed by atoms with Crippen LogP contribution in [-0.4, -0.2) is 11.1 Å². The molecule has 2 fully saturated rings. The summed E-state index contributed by atoms with van der Waals surface area (Å²) in [5.74, 6) is 0.559. The number of para-hydroxylation sites is 1. The molecule has 3 nitrogen and oxygen atoms in total. The molecule has 2 aliphatic carbocycles. The van der Waals surface area contributed by atoms with Crippen molar-refractivity contribution in [3.05, 3.63) is 29.8 Å². The van der Waals surface area contributed by atoms with Gasteiger partial charge in [0.25, 0.3) is 0 Å². The monoisotopic (exact) mass is 230 g/mol. The van der Waals surface area contributed by atoms with E-state index in [0.29, 0.717) is 11.7 Å². The molecule has 1 aromatic rings. The summed E-state index contributed by atoms with van der Waals surface area (Å²) in [5, 5.41) is 10.9. The van der Waals surface area contributed by atoms with Crippen molar-refractivity contribution >= 4 is 5.97 Å². The van der Waals surface area contributed by atoms with Gasteiger partial charge in [-0.05, 0) is 30.7 Å². The lowest BCUT2D eigenvalue weighted by Crippen LogP contribution is -2.63. The third kappa shape index (κ3) is 0.951. The number of benzene rings is 1. The highest BCUT2D eigenvalue weighted by molar-refractivity contribution is 5.82. The standard InChI is InChI=1S/C14H14O3/c15-13-12-8-4-3-6-9(8)14(12,16)10-5-1-2-7-11(10)17-13/h1-2,5,7-9,12,16H,3-4,6H2/t8-,9+,12+,14-/m0/s1. The van der Waals surface area contributed by atoms with Gasteiger partial charge in [-0.2, -0.15) is 0 Å². The summed E-state index contributed by atoms with van der Waals surface area (Å²) in [4.78, 5) is 12.0. The van der Waals surface area contributed by atoms with Gasteiger partial charge in [-0.15, -0.1) is 0 Å². The lowest BCUT2D eigenvalue weighted by atomic mass is 9.51. The molecule has 0 saturated heterocycles. The Morgan fingerprint density at radius 1 is 1.29 bits per heavy atom. The first-order valence-corrected chi connectivity index (χ1v) is 6.26. The van der Waals surface area contributed by atoms with Gasteiger partial charge in [-0.3, -0.25) is 4.79 Å². The van der Waals surface area contributed by atoms with Gasteiger partial charge in [0.1, 0.15) is 11.4 Å². The summed E-state index contributed by atoms with van der Waals surface area (Å²) in [5.41, 5.74) is -0.139. The number of hydrogen-bond donors (Lipinski definition) is 1. The Bertz CT molecular complexity index is 510. The number of aliphatic hydroxyl groups is 1. The maximum atomic E-state index is 12.0. The van der Waals surface area contributed by atoms with Crippen molar-refractivity contribution in [1.29, 1.82) is 0 Å². The van der Waals surface area contributed by atoms with Crippen LogP contribution in [0, 0.1) is 17.8 Å². The number of rotatable bonds is 0. The van der Waals surface area contributed by atoms with Crippen LogP contribution in [0.4, 0.5) is 0 Å². The summed E-state index contributed by atoms with van der Waals surface area (Å²) < 4.78 is 5.34. The van der Waals surface area contributed by atoms with Crippen LogP contribution in [0.3, 0.4) is 0 Å². The van der Waals surface area contributed by atoms with Crippen molar-refractivity contribution in [3.63, 3.8) is 0 Å². The summed E-state index contributed by atoms with van der Waals surface area (Å²) in [6, 6.07) is 7.39. The minimum Gasteiger partial charge on any atom is -0.426 e. The Balaban J connectivity index is 1.91. The number of carbonyl (C=O) groups excluding carboxylic acids is 1. The van der Waals surface area contributed by atoms with Crippen LogP contribution in [0.5, 0.6) is 5.75 Å². The van der Waals surface area contributed by atoms with Crippen LogP contribution < -0.4 is 4.74 Å². The highest BCUT2D eigenvalue weighted by Crippen LogP contribution is 2.65. The number of carbonyl (C=O) groups is 1. The average Bonchev–Trinajstić information content (AvgIpc) is 2.73. The van der Waals surface area contributed by atoms with Gasteiger partial charge in [0, 0.05) is 5.56 Å². The van der Waals surface area contributed by atoms with Crippen molar-refractivity contribution in [1.82, 2.24) is 0 Å². The summed E-state index contributed by atoms with van der Waals surface area (Å²) in [6.45, 7) is 0. The molecule has 1 aliphatic heterocycles. The first-order chi connectivity index (χ1) is 8.23. The highest BCUT2D eigenvalue weighted by Gasteiger charge is 2.69. The molecule has 0 radical (unpaired) electrons. The van der Waals surface area contributed by atoms with Crippen LogP contribution in [-0.2, 0) is 10.4 Å². The molecule has 88 valence electrons. The fraction of sp³-hybridized carbons (Fsp3) is 0.500. The van der Waals surface area contributed by atoms with Crippen molar-refractivity contribution < 1.29 is 14.6 Å². The van der Waals surface area contributed by atoms with Crippen molar-refractivity contribution in [2.45, 2.75) is 24.9 Å². The molecule has 3 aliphatic rings. The molecule has 0 bridgehead atoms. The fourth-order valence-electron chi connectivity index (χ4n) is 4.15. The van der Waals surface area contributed by atoms with Gasteiger partial charge >= 0.3 is 5.97 Å². The van der Waals surface area contributed by atoms with Gasteiger partial charge in [0.15, 0.2) is 0 Å². The maximum absolute atomic E-state index is 12.0. The summed E-state index contributed by atoms with van der Waals surface area (Å²) in [6.07, 6.45) is 3.19. The van der Waals surface area contributed by atoms with E-state index in [1.54, 1.807) is 6.07 Å². The predicted molar refractivity (Wildman–Crippen MR) is 60.3 cm³/mol. The fourth-order valence-corrected chi connectivity index (χ4v) is 4.15. The molecule has 1 N–H and O–H groups in total. The average molecular weight is 230 g/mol. The zero-order valence-electron chi connectivity index (χ0n) is 9.43. The molecule has 2 saturated carbocycles. The Morgan fingerprint density at radius 3 is 3.00 bits per heavy atom. The number of esters is 1. The first-order valence-electron chi connectivity index (χ1n) is 6.26. The molecular weight excluding hydrogens is 216 g/mol. The minimum atomic E-state index is -0.951. The van der Waals surface area contributed by atoms with E-state index in [4.69, 9.17) is 4.74 Å². The van der Waals surface area contributed by atoms with E-state index in [1.165, 1.54) is 0 Å². The van der Waals surface area contributed by atoms with Gasteiger partial charge < -0.3 is 9.84 Å². The molecule has 0 unspecified atom stereocenters. The molecule has 4 rings (SSSR count). The Labute approximate surface area is 99.4 Å². The number of hydrogen-bond acceptors (Lipinski definition) is 3. The SMILES string of the molecule is O=C1Oc2ccccc2[C@@]2(O)[C@@H]3CCC[C@@H]3[C@H]12. The normalized spacial score (nSPS) is 41.9. The molecule has 0 amide bonds. The zero-order valence-corrected chi connectivity index (χ0v) is 9.43. The smallest absolute Gasteiger partial charge is 0.317 e. The third-order valence-corrected chi connectivity index (χ3v) is 4.82. The van der Waals surface area contributed by atoms with Gasteiger partial charge in [0.2, 0.25) is 0 Å². The van der Waals surface area contributed by atoms with Crippen molar-refractivity contribution in [2.75, 3.05) is 0 Å². The molecule has 3 heteroatoms. The van der Waals surface area contributed by atoms with Crippen molar-refractivity contribution in [2.24, 2.45) is 17.8 Å². The lowest BCUT2D eigenvalue weighted by Gasteiger charge is -2.56. The topological polar surface area (TPSA) is 46.5 Å². The van der Waals surface area contributed by atoms with Crippen LogP contribution >= 0.6 is 0 Å². The van der Waals surface area contributed by atoms with E-state index in [-0.39, 0.29) is 17.8 Å². The zero-order chi connectivity index (χ0) is 11.6. The highest BCUT2D eigenvalue weighted by atomic mass is 16.5. The molecule has 1 aromatic carbocycles. The van der Waals surface area contributed by atoms with Crippen LogP contribution in [0.1, 0.15) is 24.8 Å². The second-order valence-electron chi connectivity index (χ2n) is 5.42. The third-order valence-electron chi connectivity index (χ3n) is 4.82. The maximum Gasteiger partial charge on any atom is 0.317 e.